The fourth-order valence-electron chi connectivity index (χ4n) is 4.45. The highest BCUT2D eigenvalue weighted by molar-refractivity contribution is 5.85. The number of carbonyl (C=O) groups is 1. The molecule has 0 unspecified atom stereocenters. The number of benzene rings is 2. The van der Waals surface area contributed by atoms with E-state index in [0.29, 0.717) is 12.2 Å². The number of pyridine rings is 1. The molecule has 3 heterocycles. The maximum absolute atomic E-state index is 12.5. The SMILES string of the molecule is N#Cc1cnc2cc(-c3ccc(OC4CCN(C(=O)[C@H]5CCCO5)CC4)cc3)ccc2c1. The zero-order chi connectivity index (χ0) is 21.9. The van der Waals surface area contributed by atoms with Crippen LogP contribution in [0.5, 0.6) is 5.75 Å². The van der Waals surface area contributed by atoms with E-state index in [1.165, 1.54) is 0 Å². The van der Waals surface area contributed by atoms with E-state index in [-0.39, 0.29) is 18.1 Å². The Balaban J connectivity index is 1.20. The molecule has 1 atom stereocenters. The van der Waals surface area contributed by atoms with Gasteiger partial charge in [0.25, 0.3) is 5.91 Å². The number of nitriles is 1. The van der Waals surface area contributed by atoms with Gasteiger partial charge in [-0.05, 0) is 48.2 Å². The molecule has 0 aliphatic carbocycles. The van der Waals surface area contributed by atoms with Crippen LogP contribution in [0.25, 0.3) is 22.0 Å². The van der Waals surface area contributed by atoms with Crippen LogP contribution in [0.15, 0.2) is 54.7 Å². The first-order valence-corrected chi connectivity index (χ1v) is 11.2. The molecule has 2 aliphatic rings. The van der Waals surface area contributed by atoms with Gasteiger partial charge < -0.3 is 14.4 Å². The molecule has 162 valence electrons. The fraction of sp³-hybridized carbons (Fsp3) is 0.346. The van der Waals surface area contributed by atoms with Crippen molar-refractivity contribution in [2.45, 2.75) is 37.9 Å². The number of likely N-dealkylation sites (tertiary alicyclic amines) is 1. The molecular formula is C26H25N3O3. The first kappa shape index (κ1) is 20.5. The van der Waals surface area contributed by atoms with E-state index in [2.05, 4.69) is 23.2 Å². The molecule has 0 N–H and O–H groups in total. The summed E-state index contributed by atoms with van der Waals surface area (Å²) in [7, 11) is 0. The number of amides is 1. The van der Waals surface area contributed by atoms with Crippen LogP contribution >= 0.6 is 0 Å². The van der Waals surface area contributed by atoms with E-state index < -0.39 is 0 Å². The Morgan fingerprint density at radius 2 is 1.84 bits per heavy atom. The predicted molar refractivity (Wildman–Crippen MR) is 121 cm³/mol. The second kappa shape index (κ2) is 8.97. The maximum Gasteiger partial charge on any atom is 0.251 e. The van der Waals surface area contributed by atoms with E-state index in [1.807, 2.05) is 41.3 Å². The maximum atomic E-state index is 12.5. The first-order valence-electron chi connectivity index (χ1n) is 11.2. The molecule has 0 spiro atoms. The zero-order valence-electron chi connectivity index (χ0n) is 17.9. The molecular weight excluding hydrogens is 402 g/mol. The third kappa shape index (κ3) is 4.30. The minimum atomic E-state index is -0.237. The zero-order valence-corrected chi connectivity index (χ0v) is 17.9. The Bertz CT molecular complexity index is 1160. The molecule has 2 fully saturated rings. The standard InChI is InChI=1S/C26H25N3O3/c27-16-18-14-21-4-3-20(15-24(21)28-17-18)19-5-7-22(8-6-19)32-23-9-11-29(12-10-23)26(30)25-2-1-13-31-25/h3-8,14-15,17,23,25H,1-2,9-13H2/t25-/m1/s1. The Kier molecular flexibility index (Phi) is 5.74. The molecule has 32 heavy (non-hydrogen) atoms. The Morgan fingerprint density at radius 3 is 2.56 bits per heavy atom. The number of hydrogen-bond acceptors (Lipinski definition) is 5. The second-order valence-corrected chi connectivity index (χ2v) is 8.41. The highest BCUT2D eigenvalue weighted by Gasteiger charge is 2.31. The van der Waals surface area contributed by atoms with Crippen molar-refractivity contribution in [1.29, 1.82) is 5.26 Å². The van der Waals surface area contributed by atoms with E-state index in [1.54, 1.807) is 6.20 Å². The van der Waals surface area contributed by atoms with Crippen LogP contribution in [-0.4, -0.2) is 47.7 Å². The van der Waals surface area contributed by atoms with Gasteiger partial charge in [-0.2, -0.15) is 5.26 Å². The molecule has 6 nitrogen and oxygen atoms in total. The molecule has 2 aromatic carbocycles. The van der Waals surface area contributed by atoms with Crippen molar-refractivity contribution in [3.63, 3.8) is 0 Å². The highest BCUT2D eigenvalue weighted by atomic mass is 16.5. The van der Waals surface area contributed by atoms with Crippen LogP contribution in [0.4, 0.5) is 0 Å². The summed E-state index contributed by atoms with van der Waals surface area (Å²) in [5.41, 5.74) is 3.59. The smallest absolute Gasteiger partial charge is 0.251 e. The summed E-state index contributed by atoms with van der Waals surface area (Å²) in [4.78, 5) is 18.8. The van der Waals surface area contributed by atoms with Gasteiger partial charge in [-0.3, -0.25) is 9.78 Å². The minimum Gasteiger partial charge on any atom is -0.490 e. The average Bonchev–Trinajstić information content (AvgIpc) is 3.39. The van der Waals surface area contributed by atoms with Crippen LogP contribution in [0.1, 0.15) is 31.2 Å². The first-order chi connectivity index (χ1) is 15.7. The van der Waals surface area contributed by atoms with Gasteiger partial charge in [0, 0.05) is 44.1 Å². The van der Waals surface area contributed by atoms with E-state index >= 15 is 0 Å². The molecule has 3 aromatic rings. The summed E-state index contributed by atoms with van der Waals surface area (Å²) < 4.78 is 11.7. The predicted octanol–water partition coefficient (Wildman–Crippen LogP) is 4.32. The van der Waals surface area contributed by atoms with E-state index in [4.69, 9.17) is 14.7 Å². The number of fused-ring (bicyclic) bond motifs is 1. The van der Waals surface area contributed by atoms with Crippen LogP contribution in [0.3, 0.4) is 0 Å². The van der Waals surface area contributed by atoms with Gasteiger partial charge in [-0.25, -0.2) is 0 Å². The molecule has 1 amide bonds. The van der Waals surface area contributed by atoms with Crippen LogP contribution in [-0.2, 0) is 9.53 Å². The van der Waals surface area contributed by atoms with Gasteiger partial charge in [-0.15, -0.1) is 0 Å². The minimum absolute atomic E-state index is 0.119. The number of carbonyl (C=O) groups excluding carboxylic acids is 1. The largest absolute Gasteiger partial charge is 0.490 e. The summed E-state index contributed by atoms with van der Waals surface area (Å²) in [6.45, 7) is 2.14. The van der Waals surface area contributed by atoms with E-state index in [0.717, 1.165) is 66.6 Å². The third-order valence-electron chi connectivity index (χ3n) is 6.26. The monoisotopic (exact) mass is 427 g/mol. The Hall–Kier alpha value is -3.43. The third-order valence-corrected chi connectivity index (χ3v) is 6.26. The number of nitrogens with zero attached hydrogens (tertiary/aromatic N) is 3. The lowest BCUT2D eigenvalue weighted by Crippen LogP contribution is -2.45. The topological polar surface area (TPSA) is 75.5 Å². The lowest BCUT2D eigenvalue weighted by atomic mass is 10.0. The summed E-state index contributed by atoms with van der Waals surface area (Å²) in [6.07, 6.45) is 4.97. The quantitative estimate of drug-likeness (QED) is 0.620. The highest BCUT2D eigenvalue weighted by Crippen LogP contribution is 2.27. The summed E-state index contributed by atoms with van der Waals surface area (Å²) >= 11 is 0. The summed E-state index contributed by atoms with van der Waals surface area (Å²) in [5.74, 6) is 0.981. The summed E-state index contributed by atoms with van der Waals surface area (Å²) in [5, 5.41) is 9.99. The van der Waals surface area contributed by atoms with Crippen molar-refractivity contribution in [3.05, 3.63) is 60.3 Å². The van der Waals surface area contributed by atoms with Crippen LogP contribution < -0.4 is 4.74 Å². The molecule has 0 radical (unpaired) electrons. The van der Waals surface area contributed by atoms with Crippen molar-refractivity contribution < 1.29 is 14.3 Å². The molecule has 0 bridgehead atoms. The number of piperidine rings is 1. The lowest BCUT2D eigenvalue weighted by molar-refractivity contribution is -0.142. The normalized spacial score (nSPS) is 19.1. The number of hydrogen-bond donors (Lipinski definition) is 0. The Morgan fingerprint density at radius 1 is 1.06 bits per heavy atom. The molecule has 0 saturated carbocycles. The van der Waals surface area contributed by atoms with Gasteiger partial charge in [0.2, 0.25) is 0 Å². The van der Waals surface area contributed by atoms with Crippen LogP contribution in [0, 0.1) is 11.3 Å². The molecule has 2 saturated heterocycles. The molecule has 2 aliphatic heterocycles. The Labute approximate surface area is 187 Å². The molecule has 1 aromatic heterocycles. The summed E-state index contributed by atoms with van der Waals surface area (Å²) in [6, 6.07) is 18.1. The second-order valence-electron chi connectivity index (χ2n) is 8.41. The molecule has 5 rings (SSSR count). The van der Waals surface area contributed by atoms with Crippen LogP contribution in [0.2, 0.25) is 0 Å². The number of rotatable bonds is 4. The van der Waals surface area contributed by atoms with Gasteiger partial charge in [0.15, 0.2) is 0 Å². The molecule has 6 heteroatoms. The van der Waals surface area contributed by atoms with Crippen molar-refractivity contribution >= 4 is 16.8 Å². The lowest BCUT2D eigenvalue weighted by Gasteiger charge is -2.33. The number of ether oxygens (including phenoxy) is 2. The van der Waals surface area contributed by atoms with Gasteiger partial charge in [0.05, 0.1) is 11.1 Å². The van der Waals surface area contributed by atoms with Crippen molar-refractivity contribution in [3.8, 4) is 22.9 Å². The average molecular weight is 428 g/mol. The van der Waals surface area contributed by atoms with Gasteiger partial charge >= 0.3 is 0 Å². The number of aromatic nitrogens is 1. The fourth-order valence-corrected chi connectivity index (χ4v) is 4.45. The van der Waals surface area contributed by atoms with Crippen molar-refractivity contribution in [2.24, 2.45) is 0 Å². The van der Waals surface area contributed by atoms with Crippen molar-refractivity contribution in [1.82, 2.24) is 9.88 Å². The van der Waals surface area contributed by atoms with Gasteiger partial charge in [-0.1, -0.05) is 24.3 Å². The van der Waals surface area contributed by atoms with E-state index in [9.17, 15) is 4.79 Å². The van der Waals surface area contributed by atoms with Crippen molar-refractivity contribution in [2.75, 3.05) is 19.7 Å². The van der Waals surface area contributed by atoms with Gasteiger partial charge in [0.1, 0.15) is 24.0 Å².